The number of ether oxygens (including phenoxy) is 2. The monoisotopic (exact) mass is 291 g/mol. The van der Waals surface area contributed by atoms with E-state index in [2.05, 4.69) is 21.4 Å². The van der Waals surface area contributed by atoms with Crippen molar-refractivity contribution >= 4 is 17.4 Å². The van der Waals surface area contributed by atoms with E-state index in [4.69, 9.17) is 9.47 Å². The van der Waals surface area contributed by atoms with Crippen LogP contribution in [0.2, 0.25) is 0 Å². The molecule has 5 nitrogen and oxygen atoms in total. The van der Waals surface area contributed by atoms with Crippen molar-refractivity contribution in [3.8, 4) is 11.8 Å². The summed E-state index contributed by atoms with van der Waals surface area (Å²) in [5.74, 6) is 1.04. The maximum atomic E-state index is 5.26. The lowest BCUT2D eigenvalue weighted by molar-refractivity contribution is 0.363. The lowest BCUT2D eigenvalue weighted by atomic mass is 10.2. The Morgan fingerprint density at radius 2 is 1.75 bits per heavy atom. The quantitative estimate of drug-likeness (QED) is 0.826. The van der Waals surface area contributed by atoms with Crippen molar-refractivity contribution in [3.63, 3.8) is 0 Å². The largest absolute Gasteiger partial charge is 0.481 e. The maximum absolute atomic E-state index is 5.26. The lowest BCUT2D eigenvalue weighted by Crippen LogP contribution is -2.07. The second kappa shape index (κ2) is 7.00. The van der Waals surface area contributed by atoms with Crippen molar-refractivity contribution in [2.24, 2.45) is 0 Å². The lowest BCUT2D eigenvalue weighted by Gasteiger charge is -2.14. The first-order valence-corrected chi connectivity index (χ1v) is 7.31. The van der Waals surface area contributed by atoms with E-state index >= 15 is 0 Å². The normalized spacial score (nSPS) is 10.2. The van der Waals surface area contributed by atoms with Crippen LogP contribution in [-0.2, 0) is 6.54 Å². The Labute approximate surface area is 122 Å². The molecule has 1 heterocycles. The molecule has 0 spiro atoms. The van der Waals surface area contributed by atoms with Gasteiger partial charge in [-0.1, -0.05) is 12.1 Å². The summed E-state index contributed by atoms with van der Waals surface area (Å²) in [5.41, 5.74) is 1.86. The number of benzene rings is 1. The number of rotatable bonds is 6. The number of nitrogens with one attached hydrogen (secondary N) is 1. The molecule has 20 heavy (non-hydrogen) atoms. The van der Waals surface area contributed by atoms with E-state index in [1.807, 2.05) is 24.5 Å². The summed E-state index contributed by atoms with van der Waals surface area (Å²) in [6.07, 6.45) is 3.48. The number of nitrogens with zero attached hydrogens (tertiary/aromatic N) is 2. The molecule has 1 N–H and O–H groups in total. The van der Waals surface area contributed by atoms with Crippen LogP contribution in [0.1, 0.15) is 5.56 Å². The molecule has 0 aliphatic heterocycles. The zero-order valence-corrected chi connectivity index (χ0v) is 12.5. The molecule has 0 bridgehead atoms. The smallest absolute Gasteiger partial charge is 0.225 e. The second-order valence-electron chi connectivity index (χ2n) is 3.92. The molecule has 0 saturated carbocycles. The molecule has 0 aliphatic carbocycles. The molecule has 2 aromatic rings. The van der Waals surface area contributed by atoms with Gasteiger partial charge in [-0.15, -0.1) is 11.8 Å². The summed E-state index contributed by atoms with van der Waals surface area (Å²) >= 11 is 1.69. The van der Waals surface area contributed by atoms with Gasteiger partial charge in [0.2, 0.25) is 11.8 Å². The molecule has 0 aliphatic rings. The van der Waals surface area contributed by atoms with Crippen LogP contribution in [0.3, 0.4) is 0 Å². The van der Waals surface area contributed by atoms with Crippen LogP contribution < -0.4 is 14.8 Å². The number of methoxy groups -OCH3 is 2. The second-order valence-corrected chi connectivity index (χ2v) is 4.77. The van der Waals surface area contributed by atoms with Gasteiger partial charge in [0.05, 0.1) is 26.3 Å². The van der Waals surface area contributed by atoms with Crippen LogP contribution in [0, 0.1) is 0 Å². The van der Waals surface area contributed by atoms with Crippen LogP contribution in [0.4, 0.5) is 5.69 Å². The summed E-state index contributed by atoms with van der Waals surface area (Å²) in [6.45, 7) is 0.533. The molecule has 6 heteroatoms. The third-order valence-corrected chi connectivity index (χ3v) is 3.61. The van der Waals surface area contributed by atoms with E-state index in [9.17, 15) is 0 Å². The molecule has 106 valence electrons. The molecular weight excluding hydrogens is 274 g/mol. The molecule has 0 amide bonds. The summed E-state index contributed by atoms with van der Waals surface area (Å²) < 4.78 is 10.5. The predicted molar refractivity (Wildman–Crippen MR) is 80.7 cm³/mol. The molecule has 0 fully saturated rings. The summed E-state index contributed by atoms with van der Waals surface area (Å²) in [6, 6.07) is 8.12. The maximum Gasteiger partial charge on any atom is 0.225 e. The fourth-order valence-electron chi connectivity index (χ4n) is 1.86. The Bertz CT molecular complexity index is 556. The minimum atomic E-state index is 0.519. The van der Waals surface area contributed by atoms with Gasteiger partial charge in [0.1, 0.15) is 6.33 Å². The summed E-state index contributed by atoms with van der Waals surface area (Å²) in [7, 11) is 3.17. The molecule has 0 radical (unpaired) electrons. The average molecular weight is 291 g/mol. The van der Waals surface area contributed by atoms with E-state index in [1.165, 1.54) is 11.2 Å². The van der Waals surface area contributed by atoms with E-state index < -0.39 is 0 Å². The molecule has 1 aromatic heterocycles. The molecule has 0 atom stereocenters. The van der Waals surface area contributed by atoms with Gasteiger partial charge in [0, 0.05) is 10.6 Å². The molecule has 0 unspecified atom stereocenters. The van der Waals surface area contributed by atoms with Gasteiger partial charge >= 0.3 is 0 Å². The van der Waals surface area contributed by atoms with Crippen LogP contribution in [0.15, 0.2) is 35.5 Å². The van der Waals surface area contributed by atoms with Gasteiger partial charge in [-0.05, 0) is 18.4 Å². The van der Waals surface area contributed by atoms with Gasteiger partial charge in [-0.2, -0.15) is 0 Å². The van der Waals surface area contributed by atoms with E-state index in [1.54, 1.807) is 26.0 Å². The van der Waals surface area contributed by atoms with Crippen molar-refractivity contribution in [1.82, 2.24) is 9.97 Å². The third kappa shape index (κ3) is 3.14. The fourth-order valence-corrected chi connectivity index (χ4v) is 2.43. The van der Waals surface area contributed by atoms with Crippen LogP contribution >= 0.6 is 11.8 Å². The van der Waals surface area contributed by atoms with E-state index in [-0.39, 0.29) is 0 Å². The van der Waals surface area contributed by atoms with Crippen molar-refractivity contribution in [2.45, 2.75) is 11.4 Å². The van der Waals surface area contributed by atoms with Crippen LogP contribution in [0.25, 0.3) is 0 Å². The molecule has 1 aromatic carbocycles. The Kier molecular flexibility index (Phi) is 5.06. The molecule has 2 rings (SSSR count). The van der Waals surface area contributed by atoms with E-state index in [0.717, 1.165) is 11.3 Å². The number of hydrogen-bond acceptors (Lipinski definition) is 6. The minimum Gasteiger partial charge on any atom is -0.481 e. The van der Waals surface area contributed by atoms with E-state index in [0.29, 0.717) is 18.3 Å². The summed E-state index contributed by atoms with van der Waals surface area (Å²) in [4.78, 5) is 9.39. The van der Waals surface area contributed by atoms with Gasteiger partial charge in [0.15, 0.2) is 0 Å². The van der Waals surface area contributed by atoms with Gasteiger partial charge in [-0.3, -0.25) is 0 Å². The minimum absolute atomic E-state index is 0.519. The number of anilines is 1. The highest BCUT2D eigenvalue weighted by atomic mass is 32.2. The van der Waals surface area contributed by atoms with Crippen LogP contribution in [0.5, 0.6) is 11.8 Å². The Hall–Kier alpha value is -1.95. The Balaban J connectivity index is 2.22. The first-order chi connectivity index (χ1) is 9.80. The number of thioether (sulfide) groups is 1. The van der Waals surface area contributed by atoms with Crippen molar-refractivity contribution in [2.75, 3.05) is 25.8 Å². The standard InChI is InChI=1S/C14H17N3O2S/c1-18-13-10(14(19-2)17-9-16-13)8-15-11-6-4-5-7-12(11)20-3/h4-7,9,15H,8H2,1-3H3. The number of hydrogen-bond donors (Lipinski definition) is 1. The number of para-hydroxylation sites is 1. The van der Waals surface area contributed by atoms with Crippen molar-refractivity contribution in [1.29, 1.82) is 0 Å². The highest BCUT2D eigenvalue weighted by molar-refractivity contribution is 7.98. The molecular formula is C14H17N3O2S. The Morgan fingerprint density at radius 1 is 1.10 bits per heavy atom. The zero-order chi connectivity index (χ0) is 14.4. The fraction of sp³-hybridized carbons (Fsp3) is 0.286. The summed E-state index contributed by atoms with van der Waals surface area (Å²) in [5, 5.41) is 3.37. The van der Waals surface area contributed by atoms with Gasteiger partial charge < -0.3 is 14.8 Å². The first-order valence-electron chi connectivity index (χ1n) is 6.09. The highest BCUT2D eigenvalue weighted by Gasteiger charge is 2.13. The zero-order valence-electron chi connectivity index (χ0n) is 11.7. The SMILES string of the molecule is COc1ncnc(OC)c1CNc1ccccc1SC. The third-order valence-electron chi connectivity index (χ3n) is 2.82. The molecule has 0 saturated heterocycles. The average Bonchev–Trinajstić information content (AvgIpc) is 2.52. The first kappa shape index (κ1) is 14.5. The van der Waals surface area contributed by atoms with Crippen molar-refractivity contribution in [3.05, 3.63) is 36.2 Å². The van der Waals surface area contributed by atoms with Gasteiger partial charge in [-0.25, -0.2) is 9.97 Å². The Morgan fingerprint density at radius 3 is 2.35 bits per heavy atom. The number of aromatic nitrogens is 2. The van der Waals surface area contributed by atoms with Crippen molar-refractivity contribution < 1.29 is 9.47 Å². The van der Waals surface area contributed by atoms with Gasteiger partial charge in [0.25, 0.3) is 0 Å². The highest BCUT2D eigenvalue weighted by Crippen LogP contribution is 2.28. The topological polar surface area (TPSA) is 56.3 Å². The van der Waals surface area contributed by atoms with Crippen LogP contribution in [-0.4, -0.2) is 30.4 Å². The predicted octanol–water partition coefficient (Wildman–Crippen LogP) is 2.83.